The second-order valence-electron chi connectivity index (χ2n) is 7.16. The Hall–Kier alpha value is -2.43. The highest BCUT2D eigenvalue weighted by Gasteiger charge is 2.28. The van der Waals surface area contributed by atoms with Gasteiger partial charge in [0.1, 0.15) is 5.60 Å². The normalized spacial score (nSPS) is 14.3. The third-order valence-electron chi connectivity index (χ3n) is 3.87. The first-order chi connectivity index (χ1) is 11.3. The molecule has 0 amide bonds. The van der Waals surface area contributed by atoms with Crippen LogP contribution in [0.5, 0.6) is 0 Å². The van der Waals surface area contributed by atoms with Crippen molar-refractivity contribution in [3.8, 4) is 11.3 Å². The molecule has 1 saturated carbocycles. The molecule has 1 aromatic carbocycles. The molecule has 126 valence electrons. The van der Waals surface area contributed by atoms with E-state index in [1.165, 1.54) is 12.8 Å². The molecule has 1 aromatic heterocycles. The molecule has 3 rings (SSSR count). The predicted octanol–water partition coefficient (Wildman–Crippen LogP) is 3.70. The van der Waals surface area contributed by atoms with E-state index >= 15 is 0 Å². The molecule has 1 fully saturated rings. The smallest absolute Gasteiger partial charge is 0.338 e. The van der Waals surface area contributed by atoms with E-state index in [0.717, 1.165) is 17.2 Å². The van der Waals surface area contributed by atoms with E-state index in [-0.39, 0.29) is 5.97 Å². The van der Waals surface area contributed by atoms with Crippen molar-refractivity contribution in [3.63, 3.8) is 0 Å². The van der Waals surface area contributed by atoms with Gasteiger partial charge in [0.15, 0.2) is 0 Å². The predicted molar refractivity (Wildman–Crippen MR) is 94.1 cm³/mol. The zero-order chi connectivity index (χ0) is 17.3. The maximum Gasteiger partial charge on any atom is 0.338 e. The summed E-state index contributed by atoms with van der Waals surface area (Å²) in [5.74, 6) is 0.428. The van der Waals surface area contributed by atoms with Crippen LogP contribution in [-0.4, -0.2) is 34.6 Å². The molecule has 0 radical (unpaired) electrons. The number of rotatable bonds is 4. The minimum atomic E-state index is -0.495. The second kappa shape index (κ2) is 6.23. The number of carbonyl (C=O) groups excluding carboxylic acids is 1. The maximum atomic E-state index is 12.1. The first-order valence-corrected chi connectivity index (χ1v) is 8.23. The van der Waals surface area contributed by atoms with E-state index < -0.39 is 5.60 Å². The molecule has 2 aromatic rings. The van der Waals surface area contributed by atoms with Crippen LogP contribution in [0.15, 0.2) is 36.5 Å². The van der Waals surface area contributed by atoms with Gasteiger partial charge in [-0.05, 0) is 51.8 Å². The van der Waals surface area contributed by atoms with Gasteiger partial charge in [0.05, 0.1) is 11.3 Å². The summed E-state index contributed by atoms with van der Waals surface area (Å²) in [5.41, 5.74) is 1.85. The number of anilines is 1. The molecule has 1 aliphatic carbocycles. The largest absolute Gasteiger partial charge is 0.456 e. The van der Waals surface area contributed by atoms with Gasteiger partial charge >= 0.3 is 5.97 Å². The molecule has 0 aliphatic heterocycles. The van der Waals surface area contributed by atoms with Crippen LogP contribution in [0.1, 0.15) is 44.0 Å². The number of aromatic nitrogens is 2. The first-order valence-electron chi connectivity index (χ1n) is 8.23. The summed E-state index contributed by atoms with van der Waals surface area (Å²) in [6.45, 7) is 5.58. The Morgan fingerprint density at radius 2 is 1.83 bits per heavy atom. The molecule has 0 N–H and O–H groups in total. The molecular formula is C19H23N3O2. The quantitative estimate of drug-likeness (QED) is 0.802. The van der Waals surface area contributed by atoms with Crippen LogP contribution in [0.4, 0.5) is 5.95 Å². The molecule has 0 spiro atoms. The van der Waals surface area contributed by atoms with Gasteiger partial charge in [-0.2, -0.15) is 0 Å². The highest BCUT2D eigenvalue weighted by Crippen LogP contribution is 2.29. The van der Waals surface area contributed by atoms with E-state index in [0.29, 0.717) is 11.6 Å². The zero-order valence-corrected chi connectivity index (χ0v) is 14.6. The van der Waals surface area contributed by atoms with Crippen LogP contribution in [0, 0.1) is 0 Å². The van der Waals surface area contributed by atoms with E-state index in [4.69, 9.17) is 4.74 Å². The fraction of sp³-hybridized carbons (Fsp3) is 0.421. The highest BCUT2D eigenvalue weighted by molar-refractivity contribution is 5.90. The number of benzene rings is 1. The van der Waals surface area contributed by atoms with Crippen LogP contribution in [0.3, 0.4) is 0 Å². The van der Waals surface area contributed by atoms with Crippen LogP contribution < -0.4 is 4.90 Å². The Balaban J connectivity index is 1.78. The van der Waals surface area contributed by atoms with Crippen molar-refractivity contribution in [2.24, 2.45) is 0 Å². The van der Waals surface area contributed by atoms with Gasteiger partial charge in [-0.3, -0.25) is 0 Å². The van der Waals surface area contributed by atoms with E-state index in [1.807, 2.05) is 46.0 Å². The van der Waals surface area contributed by atoms with Crippen molar-refractivity contribution >= 4 is 11.9 Å². The Bertz CT molecular complexity index is 731. The fourth-order valence-corrected chi connectivity index (χ4v) is 2.42. The van der Waals surface area contributed by atoms with E-state index in [1.54, 1.807) is 18.3 Å². The van der Waals surface area contributed by atoms with Gasteiger partial charge in [-0.25, -0.2) is 14.8 Å². The standard InChI is InChI=1S/C19H23N3O2/c1-19(2,3)24-17(23)14-7-5-13(6-8-14)16-11-12-20-18(21-16)22(4)15-9-10-15/h5-8,11-12,15H,9-10H2,1-4H3. The fourth-order valence-electron chi connectivity index (χ4n) is 2.42. The molecule has 5 heteroatoms. The number of nitrogens with zero attached hydrogens (tertiary/aromatic N) is 3. The van der Waals surface area contributed by atoms with Gasteiger partial charge in [0.25, 0.3) is 0 Å². The third-order valence-corrected chi connectivity index (χ3v) is 3.87. The lowest BCUT2D eigenvalue weighted by Gasteiger charge is -2.19. The lowest BCUT2D eigenvalue weighted by Crippen LogP contribution is -2.23. The van der Waals surface area contributed by atoms with Crippen LogP contribution in [0.25, 0.3) is 11.3 Å². The number of carbonyl (C=O) groups is 1. The number of esters is 1. The minimum absolute atomic E-state index is 0.314. The van der Waals surface area contributed by atoms with Crippen molar-refractivity contribution in [3.05, 3.63) is 42.1 Å². The van der Waals surface area contributed by atoms with Crippen molar-refractivity contribution in [2.75, 3.05) is 11.9 Å². The highest BCUT2D eigenvalue weighted by atomic mass is 16.6. The monoisotopic (exact) mass is 325 g/mol. The average Bonchev–Trinajstić information content (AvgIpc) is 3.38. The summed E-state index contributed by atoms with van der Waals surface area (Å²) in [6, 6.07) is 9.78. The Kier molecular flexibility index (Phi) is 4.26. The van der Waals surface area contributed by atoms with Gasteiger partial charge in [0.2, 0.25) is 5.95 Å². The third kappa shape index (κ3) is 3.91. The van der Waals surface area contributed by atoms with Gasteiger partial charge < -0.3 is 9.64 Å². The van der Waals surface area contributed by atoms with Crippen LogP contribution >= 0.6 is 0 Å². The molecular weight excluding hydrogens is 302 g/mol. The van der Waals surface area contributed by atoms with Gasteiger partial charge in [0, 0.05) is 24.8 Å². The molecule has 1 aliphatic rings. The summed E-state index contributed by atoms with van der Waals surface area (Å²) < 4.78 is 5.38. The number of hydrogen-bond donors (Lipinski definition) is 0. The lowest BCUT2D eigenvalue weighted by atomic mass is 10.1. The van der Waals surface area contributed by atoms with Crippen molar-refractivity contribution in [1.82, 2.24) is 9.97 Å². The summed E-state index contributed by atoms with van der Waals surface area (Å²) in [4.78, 5) is 23.2. The first kappa shape index (κ1) is 16.4. The van der Waals surface area contributed by atoms with E-state index in [9.17, 15) is 4.79 Å². The molecule has 1 heterocycles. The zero-order valence-electron chi connectivity index (χ0n) is 14.6. The molecule has 0 bridgehead atoms. The molecule has 5 nitrogen and oxygen atoms in total. The van der Waals surface area contributed by atoms with Gasteiger partial charge in [-0.1, -0.05) is 12.1 Å². The van der Waals surface area contributed by atoms with Gasteiger partial charge in [-0.15, -0.1) is 0 Å². The van der Waals surface area contributed by atoms with Crippen LogP contribution in [-0.2, 0) is 4.74 Å². The number of ether oxygens (including phenoxy) is 1. The Morgan fingerprint density at radius 1 is 1.17 bits per heavy atom. The van der Waals surface area contributed by atoms with Crippen molar-refractivity contribution < 1.29 is 9.53 Å². The van der Waals surface area contributed by atoms with Crippen molar-refractivity contribution in [2.45, 2.75) is 45.3 Å². The summed E-state index contributed by atoms with van der Waals surface area (Å²) in [7, 11) is 2.03. The average molecular weight is 325 g/mol. The van der Waals surface area contributed by atoms with E-state index in [2.05, 4.69) is 14.9 Å². The Morgan fingerprint density at radius 3 is 2.42 bits per heavy atom. The topological polar surface area (TPSA) is 55.3 Å². The maximum absolute atomic E-state index is 12.1. The Labute approximate surface area is 142 Å². The number of hydrogen-bond acceptors (Lipinski definition) is 5. The summed E-state index contributed by atoms with van der Waals surface area (Å²) in [5, 5.41) is 0. The summed E-state index contributed by atoms with van der Waals surface area (Å²) in [6.07, 6.45) is 4.18. The summed E-state index contributed by atoms with van der Waals surface area (Å²) >= 11 is 0. The van der Waals surface area contributed by atoms with Crippen LogP contribution in [0.2, 0.25) is 0 Å². The molecule has 0 saturated heterocycles. The molecule has 24 heavy (non-hydrogen) atoms. The molecule has 0 unspecified atom stereocenters. The van der Waals surface area contributed by atoms with Crippen molar-refractivity contribution in [1.29, 1.82) is 0 Å². The molecule has 0 atom stereocenters. The SMILES string of the molecule is CN(c1nccc(-c2ccc(C(=O)OC(C)(C)C)cc2)n1)C1CC1. The lowest BCUT2D eigenvalue weighted by molar-refractivity contribution is 0.00696. The second-order valence-corrected chi connectivity index (χ2v) is 7.16. The minimum Gasteiger partial charge on any atom is -0.456 e.